The summed E-state index contributed by atoms with van der Waals surface area (Å²) < 4.78 is 23.9. The van der Waals surface area contributed by atoms with E-state index in [1.165, 1.54) is 17.0 Å². The number of rotatable bonds is 8. The molecule has 0 radical (unpaired) electrons. The topological polar surface area (TPSA) is 67.9 Å². The number of likely N-dealkylation sites (N-methyl/N-ethyl adjacent to an activating group) is 1. The molecule has 1 N–H and O–H groups in total. The van der Waals surface area contributed by atoms with Crippen LogP contribution < -0.4 is 14.8 Å². The molecule has 0 saturated heterocycles. The molecular weight excluding hydrogens is 375 g/mol. The summed E-state index contributed by atoms with van der Waals surface area (Å²) in [4.78, 5) is 26.9. The lowest BCUT2D eigenvalue weighted by atomic mass is 10.1. The summed E-state index contributed by atoms with van der Waals surface area (Å²) >= 11 is 0. The summed E-state index contributed by atoms with van der Waals surface area (Å²) in [5.74, 6) is 0.666. The van der Waals surface area contributed by atoms with Crippen molar-refractivity contribution in [3.8, 4) is 11.5 Å². The van der Waals surface area contributed by atoms with Gasteiger partial charge in [-0.15, -0.1) is 0 Å². The predicted octanol–water partition coefficient (Wildman–Crippen LogP) is 3.04. The maximum absolute atomic E-state index is 13.2. The number of carbonyl (C=O) groups is 2. The van der Waals surface area contributed by atoms with Gasteiger partial charge in [-0.25, -0.2) is 4.39 Å². The molecule has 154 valence electrons. The number of amides is 2. The number of hydrogen-bond donors (Lipinski definition) is 1. The van der Waals surface area contributed by atoms with Gasteiger partial charge in [0.15, 0.2) is 11.5 Å². The molecule has 0 bridgehead atoms. The van der Waals surface area contributed by atoms with Crippen LogP contribution in [0.3, 0.4) is 0 Å². The summed E-state index contributed by atoms with van der Waals surface area (Å²) in [5.41, 5.74) is 1.72. The average Bonchev–Trinajstić information content (AvgIpc) is 3.19. The second kappa shape index (κ2) is 9.41. The lowest BCUT2D eigenvalue weighted by molar-refractivity contribution is -0.140. The van der Waals surface area contributed by atoms with Gasteiger partial charge < -0.3 is 19.7 Å². The summed E-state index contributed by atoms with van der Waals surface area (Å²) in [6.07, 6.45) is 0.752. The van der Waals surface area contributed by atoms with E-state index in [9.17, 15) is 14.0 Å². The summed E-state index contributed by atoms with van der Waals surface area (Å²) in [6, 6.07) is 10.9. The zero-order valence-electron chi connectivity index (χ0n) is 16.6. The molecule has 3 rings (SSSR count). The fourth-order valence-corrected chi connectivity index (χ4v) is 3.18. The van der Waals surface area contributed by atoms with Gasteiger partial charge in [0.25, 0.3) is 0 Å². The molecule has 0 fully saturated rings. The van der Waals surface area contributed by atoms with Gasteiger partial charge in [-0.3, -0.25) is 9.59 Å². The summed E-state index contributed by atoms with van der Waals surface area (Å²) in [5, 5.41) is 2.75. The van der Waals surface area contributed by atoms with Crippen molar-refractivity contribution in [3.05, 3.63) is 59.4 Å². The van der Waals surface area contributed by atoms with Crippen molar-refractivity contribution in [2.45, 2.75) is 39.3 Å². The van der Waals surface area contributed by atoms with Crippen LogP contribution in [0.5, 0.6) is 11.5 Å². The molecule has 0 spiro atoms. The standard InChI is InChI=1S/C22H25FN2O4/c1-3-24-22(27)15(2)25(13-17-4-8-18(23)9-5-17)21(26)11-7-16-6-10-19-20(12-16)29-14-28-19/h4-6,8-10,12,15H,3,7,11,13-14H2,1-2H3,(H,24,27)/t15-/m0/s1. The molecule has 1 heterocycles. The van der Waals surface area contributed by atoms with Crippen molar-refractivity contribution >= 4 is 11.8 Å². The monoisotopic (exact) mass is 400 g/mol. The molecule has 0 saturated carbocycles. The number of nitrogens with zero attached hydrogens (tertiary/aromatic N) is 1. The van der Waals surface area contributed by atoms with Crippen molar-refractivity contribution < 1.29 is 23.5 Å². The van der Waals surface area contributed by atoms with E-state index in [0.717, 1.165) is 11.1 Å². The molecule has 2 amide bonds. The number of halogens is 1. The van der Waals surface area contributed by atoms with Crippen LogP contribution in [0.2, 0.25) is 0 Å². The van der Waals surface area contributed by atoms with E-state index >= 15 is 0 Å². The quantitative estimate of drug-likeness (QED) is 0.740. The second-order valence-corrected chi connectivity index (χ2v) is 6.91. The van der Waals surface area contributed by atoms with Crippen molar-refractivity contribution in [2.24, 2.45) is 0 Å². The molecule has 29 heavy (non-hydrogen) atoms. The number of carbonyl (C=O) groups excluding carboxylic acids is 2. The molecule has 7 heteroatoms. The Kier molecular flexibility index (Phi) is 6.69. The third kappa shape index (κ3) is 5.25. The first kappa shape index (κ1) is 20.6. The Morgan fingerprint density at radius 2 is 1.79 bits per heavy atom. The molecule has 0 aromatic heterocycles. The second-order valence-electron chi connectivity index (χ2n) is 6.91. The van der Waals surface area contributed by atoms with Gasteiger partial charge in [0.05, 0.1) is 0 Å². The van der Waals surface area contributed by atoms with E-state index in [1.807, 2.05) is 25.1 Å². The van der Waals surface area contributed by atoms with Crippen LogP contribution in [0.4, 0.5) is 4.39 Å². The van der Waals surface area contributed by atoms with Crippen LogP contribution in [0.25, 0.3) is 0 Å². The number of nitrogens with one attached hydrogen (secondary N) is 1. The van der Waals surface area contributed by atoms with Gasteiger partial charge in [-0.2, -0.15) is 0 Å². The number of aryl methyl sites for hydroxylation is 1. The maximum atomic E-state index is 13.2. The first-order chi connectivity index (χ1) is 14.0. The molecule has 1 aliphatic heterocycles. The Hall–Kier alpha value is -3.09. The predicted molar refractivity (Wildman–Crippen MR) is 106 cm³/mol. The SMILES string of the molecule is CCNC(=O)[C@H](C)N(Cc1ccc(F)cc1)C(=O)CCc1ccc2c(c1)OCO2. The number of benzene rings is 2. The van der Waals surface area contributed by atoms with E-state index in [-0.39, 0.29) is 37.4 Å². The molecule has 0 aliphatic carbocycles. The van der Waals surface area contributed by atoms with Gasteiger partial charge in [0.1, 0.15) is 11.9 Å². The highest BCUT2D eigenvalue weighted by Crippen LogP contribution is 2.32. The summed E-state index contributed by atoms with van der Waals surface area (Å²) in [7, 11) is 0. The smallest absolute Gasteiger partial charge is 0.242 e. The van der Waals surface area contributed by atoms with Crippen LogP contribution >= 0.6 is 0 Å². The van der Waals surface area contributed by atoms with Crippen LogP contribution in [0.1, 0.15) is 31.4 Å². The maximum Gasteiger partial charge on any atom is 0.242 e. The molecule has 2 aromatic rings. The normalized spacial score (nSPS) is 13.1. The lowest BCUT2D eigenvalue weighted by Crippen LogP contribution is -2.47. The fourth-order valence-electron chi connectivity index (χ4n) is 3.18. The van der Waals surface area contributed by atoms with Gasteiger partial charge in [0, 0.05) is 19.5 Å². The minimum atomic E-state index is -0.635. The van der Waals surface area contributed by atoms with Crippen molar-refractivity contribution in [1.82, 2.24) is 10.2 Å². The molecule has 2 aromatic carbocycles. The highest BCUT2D eigenvalue weighted by atomic mass is 19.1. The van der Waals surface area contributed by atoms with Crippen molar-refractivity contribution in [1.29, 1.82) is 0 Å². The molecule has 1 atom stereocenters. The fraction of sp³-hybridized carbons (Fsp3) is 0.364. The van der Waals surface area contributed by atoms with Crippen LogP contribution in [-0.2, 0) is 22.6 Å². The third-order valence-corrected chi connectivity index (χ3v) is 4.85. The number of fused-ring (bicyclic) bond motifs is 1. The Morgan fingerprint density at radius 3 is 2.52 bits per heavy atom. The average molecular weight is 400 g/mol. The minimum absolute atomic E-state index is 0.147. The molecule has 6 nitrogen and oxygen atoms in total. The van der Waals surface area contributed by atoms with Gasteiger partial charge >= 0.3 is 0 Å². The van der Waals surface area contributed by atoms with E-state index in [2.05, 4.69) is 5.32 Å². The minimum Gasteiger partial charge on any atom is -0.454 e. The molecule has 0 unspecified atom stereocenters. The van der Waals surface area contributed by atoms with Crippen molar-refractivity contribution in [2.75, 3.05) is 13.3 Å². The third-order valence-electron chi connectivity index (χ3n) is 4.85. The van der Waals surface area contributed by atoms with E-state index in [1.54, 1.807) is 19.1 Å². The lowest BCUT2D eigenvalue weighted by Gasteiger charge is -2.28. The Bertz CT molecular complexity index is 870. The Morgan fingerprint density at radius 1 is 1.10 bits per heavy atom. The van der Waals surface area contributed by atoms with Gasteiger partial charge in [0.2, 0.25) is 18.6 Å². The molecular formula is C22H25FN2O4. The molecule has 1 aliphatic rings. The van der Waals surface area contributed by atoms with Crippen LogP contribution in [0.15, 0.2) is 42.5 Å². The highest BCUT2D eigenvalue weighted by Gasteiger charge is 2.25. The van der Waals surface area contributed by atoms with Crippen LogP contribution in [-0.4, -0.2) is 36.1 Å². The zero-order valence-corrected chi connectivity index (χ0v) is 16.6. The van der Waals surface area contributed by atoms with Gasteiger partial charge in [-0.1, -0.05) is 18.2 Å². The Labute approximate surface area is 169 Å². The van der Waals surface area contributed by atoms with Gasteiger partial charge in [-0.05, 0) is 55.7 Å². The first-order valence-electron chi connectivity index (χ1n) is 9.68. The van der Waals surface area contributed by atoms with E-state index < -0.39 is 6.04 Å². The van der Waals surface area contributed by atoms with Crippen LogP contribution in [0, 0.1) is 5.82 Å². The number of hydrogen-bond acceptors (Lipinski definition) is 4. The largest absolute Gasteiger partial charge is 0.454 e. The zero-order chi connectivity index (χ0) is 20.8. The van der Waals surface area contributed by atoms with E-state index in [0.29, 0.717) is 24.5 Å². The Balaban J connectivity index is 1.70. The highest BCUT2D eigenvalue weighted by molar-refractivity contribution is 5.87. The number of ether oxygens (including phenoxy) is 2. The summed E-state index contributed by atoms with van der Waals surface area (Å²) in [6.45, 7) is 4.45. The van der Waals surface area contributed by atoms with Crippen molar-refractivity contribution in [3.63, 3.8) is 0 Å². The van der Waals surface area contributed by atoms with E-state index in [4.69, 9.17) is 9.47 Å². The first-order valence-corrected chi connectivity index (χ1v) is 9.68.